The van der Waals surface area contributed by atoms with Crippen LogP contribution in [0.1, 0.15) is 32.6 Å². The normalized spacial score (nSPS) is 28.9. The van der Waals surface area contributed by atoms with Gasteiger partial charge in [-0.1, -0.05) is 13.3 Å². The molecule has 1 heterocycles. The SMILES string of the molecule is CCCC(O)CC1CCS(=O)(=O)C1. The lowest BCUT2D eigenvalue weighted by Crippen LogP contribution is -2.14. The third kappa shape index (κ3) is 3.65. The summed E-state index contributed by atoms with van der Waals surface area (Å²) in [5, 5.41) is 9.48. The van der Waals surface area contributed by atoms with Crippen molar-refractivity contribution in [1.82, 2.24) is 0 Å². The van der Waals surface area contributed by atoms with Crippen LogP contribution in [0.5, 0.6) is 0 Å². The highest BCUT2D eigenvalue weighted by molar-refractivity contribution is 7.91. The second-order valence-corrected chi connectivity index (χ2v) is 6.18. The molecule has 2 atom stereocenters. The molecule has 0 aromatic heterocycles. The highest BCUT2D eigenvalue weighted by atomic mass is 32.2. The van der Waals surface area contributed by atoms with E-state index in [1.165, 1.54) is 0 Å². The summed E-state index contributed by atoms with van der Waals surface area (Å²) in [6.45, 7) is 2.02. The maximum atomic E-state index is 11.1. The van der Waals surface area contributed by atoms with Gasteiger partial charge in [0, 0.05) is 0 Å². The van der Waals surface area contributed by atoms with E-state index in [1.807, 2.05) is 6.92 Å². The zero-order chi connectivity index (χ0) is 9.90. The van der Waals surface area contributed by atoms with Gasteiger partial charge in [0.15, 0.2) is 9.84 Å². The Balaban J connectivity index is 2.32. The summed E-state index contributed by atoms with van der Waals surface area (Å²) in [6, 6.07) is 0. The molecule has 3 nitrogen and oxygen atoms in total. The van der Waals surface area contributed by atoms with Gasteiger partial charge in [-0.15, -0.1) is 0 Å². The Bertz CT molecular complexity index is 246. The minimum Gasteiger partial charge on any atom is -0.393 e. The topological polar surface area (TPSA) is 54.4 Å². The molecule has 78 valence electrons. The first-order valence-corrected chi connectivity index (χ1v) is 6.74. The third-order valence-electron chi connectivity index (χ3n) is 2.55. The molecule has 0 amide bonds. The number of aliphatic hydroxyl groups is 1. The van der Waals surface area contributed by atoms with Gasteiger partial charge in [0.05, 0.1) is 17.6 Å². The largest absolute Gasteiger partial charge is 0.393 e. The van der Waals surface area contributed by atoms with E-state index >= 15 is 0 Å². The van der Waals surface area contributed by atoms with E-state index < -0.39 is 9.84 Å². The summed E-state index contributed by atoms with van der Waals surface area (Å²) in [6.07, 6.45) is 2.84. The average Bonchev–Trinajstić information content (AvgIpc) is 2.30. The van der Waals surface area contributed by atoms with Crippen molar-refractivity contribution < 1.29 is 13.5 Å². The Morgan fingerprint density at radius 2 is 2.23 bits per heavy atom. The van der Waals surface area contributed by atoms with Gasteiger partial charge < -0.3 is 5.11 Å². The van der Waals surface area contributed by atoms with Gasteiger partial charge in [0.2, 0.25) is 0 Å². The van der Waals surface area contributed by atoms with Crippen molar-refractivity contribution in [3.05, 3.63) is 0 Å². The molecule has 0 aromatic rings. The highest BCUT2D eigenvalue weighted by Crippen LogP contribution is 2.23. The van der Waals surface area contributed by atoms with E-state index in [-0.39, 0.29) is 17.8 Å². The van der Waals surface area contributed by atoms with Crippen LogP contribution >= 0.6 is 0 Å². The minimum atomic E-state index is -2.77. The van der Waals surface area contributed by atoms with E-state index in [0.717, 1.165) is 19.3 Å². The van der Waals surface area contributed by atoms with E-state index in [0.29, 0.717) is 12.2 Å². The smallest absolute Gasteiger partial charge is 0.150 e. The van der Waals surface area contributed by atoms with Crippen LogP contribution in [0.15, 0.2) is 0 Å². The van der Waals surface area contributed by atoms with Crippen molar-refractivity contribution in [1.29, 1.82) is 0 Å². The number of hydrogen-bond acceptors (Lipinski definition) is 3. The predicted molar refractivity (Wildman–Crippen MR) is 52.3 cm³/mol. The summed E-state index contributed by atoms with van der Waals surface area (Å²) in [5.74, 6) is 0.802. The van der Waals surface area contributed by atoms with Crippen molar-refractivity contribution in [3.8, 4) is 0 Å². The summed E-state index contributed by atoms with van der Waals surface area (Å²) in [7, 11) is -2.77. The van der Waals surface area contributed by atoms with Crippen LogP contribution in [-0.4, -0.2) is 31.1 Å². The van der Waals surface area contributed by atoms with Crippen LogP contribution < -0.4 is 0 Å². The van der Waals surface area contributed by atoms with Crippen molar-refractivity contribution in [2.45, 2.75) is 38.7 Å². The zero-order valence-electron chi connectivity index (χ0n) is 8.07. The first-order chi connectivity index (χ1) is 6.03. The highest BCUT2D eigenvalue weighted by Gasteiger charge is 2.28. The minimum absolute atomic E-state index is 0.201. The maximum absolute atomic E-state index is 11.1. The molecule has 1 N–H and O–H groups in total. The number of aliphatic hydroxyl groups excluding tert-OH is 1. The molecular formula is C9H18O3S. The van der Waals surface area contributed by atoms with Crippen LogP contribution in [0, 0.1) is 5.92 Å². The molecule has 1 rings (SSSR count). The van der Waals surface area contributed by atoms with E-state index in [4.69, 9.17) is 0 Å². The molecule has 0 bridgehead atoms. The van der Waals surface area contributed by atoms with Crippen LogP contribution in [0.25, 0.3) is 0 Å². The van der Waals surface area contributed by atoms with Gasteiger partial charge in [-0.05, 0) is 25.2 Å². The summed E-state index contributed by atoms with van der Waals surface area (Å²) < 4.78 is 22.2. The molecular weight excluding hydrogens is 188 g/mol. The van der Waals surface area contributed by atoms with Gasteiger partial charge in [0.1, 0.15) is 0 Å². The Kier molecular flexibility index (Phi) is 3.74. The lowest BCUT2D eigenvalue weighted by atomic mass is 9.99. The van der Waals surface area contributed by atoms with Crippen molar-refractivity contribution >= 4 is 9.84 Å². The molecule has 1 fully saturated rings. The molecule has 1 aliphatic heterocycles. The van der Waals surface area contributed by atoms with E-state index in [1.54, 1.807) is 0 Å². The zero-order valence-corrected chi connectivity index (χ0v) is 8.89. The van der Waals surface area contributed by atoms with E-state index in [2.05, 4.69) is 0 Å². The Morgan fingerprint density at radius 3 is 2.69 bits per heavy atom. The lowest BCUT2D eigenvalue weighted by molar-refractivity contribution is 0.136. The quantitative estimate of drug-likeness (QED) is 0.745. The van der Waals surface area contributed by atoms with Crippen molar-refractivity contribution in [2.24, 2.45) is 5.92 Å². The fourth-order valence-electron chi connectivity index (χ4n) is 1.89. The van der Waals surface area contributed by atoms with Crippen molar-refractivity contribution in [2.75, 3.05) is 11.5 Å². The maximum Gasteiger partial charge on any atom is 0.150 e. The van der Waals surface area contributed by atoms with Crippen LogP contribution in [0.3, 0.4) is 0 Å². The monoisotopic (exact) mass is 206 g/mol. The molecule has 4 heteroatoms. The molecule has 2 unspecified atom stereocenters. The molecule has 0 saturated carbocycles. The molecule has 0 radical (unpaired) electrons. The van der Waals surface area contributed by atoms with Gasteiger partial charge in [0.25, 0.3) is 0 Å². The van der Waals surface area contributed by atoms with Gasteiger partial charge in [-0.2, -0.15) is 0 Å². The fourth-order valence-corrected chi connectivity index (χ4v) is 3.77. The summed E-state index contributed by atoms with van der Waals surface area (Å²) in [4.78, 5) is 0. The first-order valence-electron chi connectivity index (χ1n) is 4.92. The Hall–Kier alpha value is -0.0900. The fraction of sp³-hybridized carbons (Fsp3) is 1.00. The number of rotatable bonds is 4. The third-order valence-corrected chi connectivity index (χ3v) is 4.39. The second kappa shape index (κ2) is 4.42. The lowest BCUT2D eigenvalue weighted by Gasteiger charge is -2.12. The van der Waals surface area contributed by atoms with E-state index in [9.17, 15) is 13.5 Å². The molecule has 0 aromatic carbocycles. The Labute approximate surface area is 80.1 Å². The van der Waals surface area contributed by atoms with Crippen molar-refractivity contribution in [3.63, 3.8) is 0 Å². The molecule has 1 aliphatic rings. The molecule has 13 heavy (non-hydrogen) atoms. The van der Waals surface area contributed by atoms with Gasteiger partial charge in [-0.3, -0.25) is 0 Å². The van der Waals surface area contributed by atoms with Crippen LogP contribution in [-0.2, 0) is 9.84 Å². The predicted octanol–water partition coefficient (Wildman–Crippen LogP) is 0.972. The molecule has 1 saturated heterocycles. The van der Waals surface area contributed by atoms with Crippen LogP contribution in [0.2, 0.25) is 0 Å². The standard InChI is InChI=1S/C9H18O3S/c1-2-3-9(10)6-8-4-5-13(11,12)7-8/h8-10H,2-7H2,1H3. The number of hydrogen-bond donors (Lipinski definition) is 1. The second-order valence-electron chi connectivity index (χ2n) is 3.95. The summed E-state index contributed by atoms with van der Waals surface area (Å²) in [5.41, 5.74) is 0. The Morgan fingerprint density at radius 1 is 1.54 bits per heavy atom. The van der Waals surface area contributed by atoms with Gasteiger partial charge >= 0.3 is 0 Å². The molecule has 0 spiro atoms. The number of sulfone groups is 1. The first kappa shape index (κ1) is 11.0. The summed E-state index contributed by atoms with van der Waals surface area (Å²) >= 11 is 0. The molecule has 0 aliphatic carbocycles. The van der Waals surface area contributed by atoms with Gasteiger partial charge in [-0.25, -0.2) is 8.42 Å². The average molecular weight is 206 g/mol. The van der Waals surface area contributed by atoms with Crippen LogP contribution in [0.4, 0.5) is 0 Å².